The second kappa shape index (κ2) is 5.86. The van der Waals surface area contributed by atoms with Crippen molar-refractivity contribution in [3.8, 4) is 5.75 Å². The van der Waals surface area contributed by atoms with Gasteiger partial charge in [-0.25, -0.2) is 9.18 Å². The molecule has 2 aromatic carbocycles. The van der Waals surface area contributed by atoms with Crippen LogP contribution in [0.2, 0.25) is 0 Å². The van der Waals surface area contributed by atoms with Crippen molar-refractivity contribution < 1.29 is 13.9 Å². The summed E-state index contributed by atoms with van der Waals surface area (Å²) in [6, 6.07) is 13.4. The number of ether oxygens (including phenoxy) is 1. The van der Waals surface area contributed by atoms with Crippen LogP contribution < -0.4 is 15.8 Å². The Morgan fingerprint density at radius 1 is 1.21 bits per heavy atom. The topological polar surface area (TPSA) is 64.4 Å². The van der Waals surface area contributed by atoms with Gasteiger partial charge in [0.05, 0.1) is 5.69 Å². The smallest absolute Gasteiger partial charge is 0.408 e. The second-order valence-electron chi connectivity index (χ2n) is 3.90. The molecule has 4 nitrogen and oxygen atoms in total. The summed E-state index contributed by atoms with van der Waals surface area (Å²) in [7, 11) is 0. The van der Waals surface area contributed by atoms with Crippen LogP contribution in [0.4, 0.5) is 14.9 Å². The molecule has 0 fully saturated rings. The van der Waals surface area contributed by atoms with Crippen LogP contribution >= 0.6 is 0 Å². The molecule has 0 aromatic heterocycles. The normalized spacial score (nSPS) is 9.95. The van der Waals surface area contributed by atoms with Gasteiger partial charge in [0.25, 0.3) is 0 Å². The third-order valence-electron chi connectivity index (χ3n) is 2.48. The summed E-state index contributed by atoms with van der Waals surface area (Å²) < 4.78 is 18.0. The van der Waals surface area contributed by atoms with Gasteiger partial charge in [0.2, 0.25) is 0 Å². The van der Waals surface area contributed by atoms with Crippen molar-refractivity contribution in [1.82, 2.24) is 0 Å². The molecule has 0 aliphatic carbocycles. The third kappa shape index (κ3) is 3.70. The minimum absolute atomic E-state index is 0.199. The largest absolute Gasteiger partial charge is 0.410 e. The van der Waals surface area contributed by atoms with Crippen LogP contribution in [0.1, 0.15) is 5.56 Å². The minimum Gasteiger partial charge on any atom is -0.408 e. The fraction of sp³-hybridized carbons (Fsp3) is 0.0714. The average Bonchev–Trinajstić information content (AvgIpc) is 2.40. The lowest BCUT2D eigenvalue weighted by atomic mass is 10.2. The number of amides is 1. The van der Waals surface area contributed by atoms with Gasteiger partial charge < -0.3 is 15.8 Å². The highest BCUT2D eigenvalue weighted by atomic mass is 19.1. The summed E-state index contributed by atoms with van der Waals surface area (Å²) in [4.78, 5) is 10.8. The van der Waals surface area contributed by atoms with Gasteiger partial charge in [-0.3, -0.25) is 0 Å². The second-order valence-corrected chi connectivity index (χ2v) is 3.90. The Labute approximate surface area is 110 Å². The number of anilines is 1. The number of hydrogen-bond donors (Lipinski definition) is 2. The number of primary amides is 1. The standard InChI is InChI=1S/C14H13FN2O2/c15-11-6-7-13(19-14(16)18)12(8-11)17-9-10-4-2-1-3-5-10/h1-8,17H,9H2,(H2,16,18). The first-order valence-electron chi connectivity index (χ1n) is 5.70. The molecular weight excluding hydrogens is 247 g/mol. The first kappa shape index (κ1) is 12.9. The highest BCUT2D eigenvalue weighted by Crippen LogP contribution is 2.25. The molecule has 0 aliphatic heterocycles. The van der Waals surface area contributed by atoms with Gasteiger partial charge in [0.1, 0.15) is 5.82 Å². The molecule has 2 rings (SSSR count). The zero-order valence-electron chi connectivity index (χ0n) is 10.1. The number of nitrogens with two attached hydrogens (primary N) is 1. The van der Waals surface area contributed by atoms with Crippen LogP contribution in [0.15, 0.2) is 48.5 Å². The molecule has 0 unspecified atom stereocenters. The molecule has 0 saturated heterocycles. The van der Waals surface area contributed by atoms with E-state index in [0.29, 0.717) is 12.2 Å². The van der Waals surface area contributed by atoms with E-state index >= 15 is 0 Å². The molecule has 0 heterocycles. The Bertz CT molecular complexity index is 573. The summed E-state index contributed by atoms with van der Waals surface area (Å²) in [6.45, 7) is 0.486. The van der Waals surface area contributed by atoms with Crippen molar-refractivity contribution in [3.63, 3.8) is 0 Å². The minimum atomic E-state index is -0.936. The van der Waals surface area contributed by atoms with Crippen molar-refractivity contribution in [1.29, 1.82) is 0 Å². The molecule has 2 aromatic rings. The molecule has 0 saturated carbocycles. The zero-order chi connectivity index (χ0) is 13.7. The first-order valence-corrected chi connectivity index (χ1v) is 5.70. The number of hydrogen-bond acceptors (Lipinski definition) is 3. The third-order valence-corrected chi connectivity index (χ3v) is 2.48. The first-order chi connectivity index (χ1) is 9.15. The van der Waals surface area contributed by atoms with Crippen LogP contribution in [0.25, 0.3) is 0 Å². The summed E-state index contributed by atoms with van der Waals surface area (Å²) in [5.74, 6) is -0.225. The van der Waals surface area contributed by atoms with Crippen molar-refractivity contribution in [2.45, 2.75) is 6.54 Å². The Balaban J connectivity index is 2.14. The SMILES string of the molecule is NC(=O)Oc1ccc(F)cc1NCc1ccccc1. The maximum Gasteiger partial charge on any atom is 0.410 e. The molecule has 0 bridgehead atoms. The van der Waals surface area contributed by atoms with Gasteiger partial charge >= 0.3 is 6.09 Å². The number of nitrogens with one attached hydrogen (secondary N) is 1. The molecule has 3 N–H and O–H groups in total. The lowest BCUT2D eigenvalue weighted by Gasteiger charge is -2.11. The predicted octanol–water partition coefficient (Wildman–Crippen LogP) is 2.90. The van der Waals surface area contributed by atoms with E-state index < -0.39 is 11.9 Å². The van der Waals surface area contributed by atoms with Gasteiger partial charge in [-0.15, -0.1) is 0 Å². The number of carbonyl (C=O) groups excluding carboxylic acids is 1. The van der Waals surface area contributed by atoms with Gasteiger partial charge in [0.15, 0.2) is 5.75 Å². The van der Waals surface area contributed by atoms with Gasteiger partial charge in [0, 0.05) is 12.6 Å². The predicted molar refractivity (Wildman–Crippen MR) is 70.4 cm³/mol. The van der Waals surface area contributed by atoms with E-state index in [0.717, 1.165) is 5.56 Å². The molecule has 19 heavy (non-hydrogen) atoms. The summed E-state index contributed by atoms with van der Waals surface area (Å²) >= 11 is 0. The van der Waals surface area contributed by atoms with E-state index in [-0.39, 0.29) is 5.75 Å². The number of benzene rings is 2. The molecule has 5 heteroatoms. The highest BCUT2D eigenvalue weighted by molar-refractivity contribution is 5.71. The Hall–Kier alpha value is -2.56. The van der Waals surface area contributed by atoms with Crippen LogP contribution in [-0.2, 0) is 6.54 Å². The maximum absolute atomic E-state index is 13.2. The van der Waals surface area contributed by atoms with Crippen LogP contribution in [0, 0.1) is 5.82 Å². The fourth-order valence-electron chi connectivity index (χ4n) is 1.63. The van der Waals surface area contributed by atoms with E-state index in [2.05, 4.69) is 5.32 Å². The number of rotatable bonds is 4. The Kier molecular flexibility index (Phi) is 3.97. The van der Waals surface area contributed by atoms with Crippen LogP contribution in [-0.4, -0.2) is 6.09 Å². The van der Waals surface area contributed by atoms with Crippen molar-refractivity contribution in [2.24, 2.45) is 5.73 Å². The Morgan fingerprint density at radius 2 is 1.95 bits per heavy atom. The molecular formula is C14H13FN2O2. The lowest BCUT2D eigenvalue weighted by molar-refractivity contribution is 0.211. The van der Waals surface area contributed by atoms with E-state index in [1.807, 2.05) is 30.3 Å². The summed E-state index contributed by atoms with van der Waals surface area (Å²) in [6.07, 6.45) is -0.936. The number of carbonyl (C=O) groups is 1. The summed E-state index contributed by atoms with van der Waals surface area (Å²) in [5, 5.41) is 3.00. The molecule has 0 radical (unpaired) electrons. The van der Waals surface area contributed by atoms with Crippen LogP contribution in [0.3, 0.4) is 0 Å². The fourth-order valence-corrected chi connectivity index (χ4v) is 1.63. The van der Waals surface area contributed by atoms with E-state index in [1.54, 1.807) is 0 Å². The monoisotopic (exact) mass is 260 g/mol. The Morgan fingerprint density at radius 3 is 2.63 bits per heavy atom. The average molecular weight is 260 g/mol. The van der Waals surface area contributed by atoms with Gasteiger partial charge in [-0.2, -0.15) is 0 Å². The maximum atomic E-state index is 13.2. The summed E-state index contributed by atoms with van der Waals surface area (Å²) in [5.41, 5.74) is 6.36. The molecule has 0 aliphatic rings. The van der Waals surface area contributed by atoms with E-state index in [9.17, 15) is 9.18 Å². The van der Waals surface area contributed by atoms with Crippen molar-refractivity contribution in [3.05, 3.63) is 59.9 Å². The van der Waals surface area contributed by atoms with Gasteiger partial charge in [-0.05, 0) is 17.7 Å². The number of halogens is 1. The molecule has 98 valence electrons. The van der Waals surface area contributed by atoms with Crippen molar-refractivity contribution in [2.75, 3.05) is 5.32 Å². The highest BCUT2D eigenvalue weighted by Gasteiger charge is 2.08. The lowest BCUT2D eigenvalue weighted by Crippen LogP contribution is -2.17. The van der Waals surface area contributed by atoms with Crippen molar-refractivity contribution >= 4 is 11.8 Å². The quantitative estimate of drug-likeness (QED) is 0.888. The molecule has 1 amide bonds. The molecule has 0 spiro atoms. The molecule has 0 atom stereocenters. The van der Waals surface area contributed by atoms with Crippen LogP contribution in [0.5, 0.6) is 5.75 Å². The van der Waals surface area contributed by atoms with E-state index in [1.165, 1.54) is 18.2 Å². The van der Waals surface area contributed by atoms with Gasteiger partial charge in [-0.1, -0.05) is 30.3 Å². The van der Waals surface area contributed by atoms with E-state index in [4.69, 9.17) is 10.5 Å². The zero-order valence-corrected chi connectivity index (χ0v) is 10.1.